The van der Waals surface area contributed by atoms with Gasteiger partial charge in [-0.25, -0.2) is 0 Å². The van der Waals surface area contributed by atoms with Crippen LogP contribution in [0, 0.1) is 11.3 Å². The van der Waals surface area contributed by atoms with E-state index in [1.807, 2.05) is 41.3 Å². The van der Waals surface area contributed by atoms with Gasteiger partial charge in [-0.3, -0.25) is 4.79 Å². The van der Waals surface area contributed by atoms with Crippen LogP contribution in [0.1, 0.15) is 30.0 Å². The van der Waals surface area contributed by atoms with Gasteiger partial charge in [-0.1, -0.05) is 12.1 Å². The Morgan fingerprint density at radius 2 is 1.82 bits per heavy atom. The molecule has 1 unspecified atom stereocenters. The first kappa shape index (κ1) is 14.2. The van der Waals surface area contributed by atoms with Gasteiger partial charge in [-0.05, 0) is 48.4 Å². The third-order valence-corrected chi connectivity index (χ3v) is 3.99. The molecule has 1 heterocycles. The Bertz CT molecular complexity index is 714. The Morgan fingerprint density at radius 3 is 2.41 bits per heavy atom. The van der Waals surface area contributed by atoms with Crippen LogP contribution in [0.4, 0.5) is 5.69 Å². The van der Waals surface area contributed by atoms with Crippen molar-refractivity contribution in [3.8, 4) is 11.8 Å². The Kier molecular flexibility index (Phi) is 3.80. The van der Waals surface area contributed by atoms with E-state index in [0.717, 1.165) is 23.4 Å². The predicted molar refractivity (Wildman–Crippen MR) is 83.6 cm³/mol. The van der Waals surface area contributed by atoms with Gasteiger partial charge >= 0.3 is 0 Å². The van der Waals surface area contributed by atoms with Crippen molar-refractivity contribution in [3.63, 3.8) is 0 Å². The van der Waals surface area contributed by atoms with Gasteiger partial charge in [0.2, 0.25) is 5.91 Å². The van der Waals surface area contributed by atoms with E-state index in [9.17, 15) is 4.79 Å². The Hall–Kier alpha value is -2.80. The lowest BCUT2D eigenvalue weighted by Gasteiger charge is -2.25. The number of rotatable bonds is 3. The highest BCUT2D eigenvalue weighted by atomic mass is 16.5. The number of anilines is 1. The monoisotopic (exact) mass is 292 g/mol. The maximum Gasteiger partial charge on any atom is 0.227 e. The van der Waals surface area contributed by atoms with E-state index in [2.05, 4.69) is 6.07 Å². The van der Waals surface area contributed by atoms with Crippen LogP contribution in [0.25, 0.3) is 0 Å². The van der Waals surface area contributed by atoms with Gasteiger partial charge in [-0.15, -0.1) is 0 Å². The molecule has 1 amide bonds. The number of hydrogen-bond donors (Lipinski definition) is 0. The van der Waals surface area contributed by atoms with Gasteiger partial charge in [0.15, 0.2) is 0 Å². The molecule has 0 aliphatic carbocycles. The number of ether oxygens (including phenoxy) is 1. The molecule has 0 spiro atoms. The van der Waals surface area contributed by atoms with E-state index >= 15 is 0 Å². The zero-order valence-corrected chi connectivity index (χ0v) is 12.3. The molecular weight excluding hydrogens is 276 g/mol. The maximum atomic E-state index is 12.3. The molecule has 2 aromatic rings. The first-order valence-corrected chi connectivity index (χ1v) is 7.19. The van der Waals surface area contributed by atoms with Gasteiger partial charge in [0.1, 0.15) is 5.75 Å². The number of hydrogen-bond acceptors (Lipinski definition) is 3. The predicted octanol–water partition coefficient (Wildman–Crippen LogP) is 3.43. The highest BCUT2D eigenvalue weighted by molar-refractivity contribution is 5.96. The molecule has 4 heteroatoms. The highest BCUT2D eigenvalue weighted by Gasteiger charge is 2.33. The summed E-state index contributed by atoms with van der Waals surface area (Å²) >= 11 is 0. The van der Waals surface area contributed by atoms with Crippen LogP contribution in [0.2, 0.25) is 0 Å². The molecule has 0 saturated carbocycles. The molecule has 4 nitrogen and oxygen atoms in total. The molecule has 1 aliphatic heterocycles. The molecule has 3 rings (SSSR count). The average Bonchev–Trinajstić information content (AvgIpc) is 2.96. The molecule has 1 fully saturated rings. The summed E-state index contributed by atoms with van der Waals surface area (Å²) in [5.41, 5.74) is 2.56. The molecule has 0 aromatic heterocycles. The van der Waals surface area contributed by atoms with Crippen LogP contribution >= 0.6 is 0 Å². The van der Waals surface area contributed by atoms with E-state index < -0.39 is 0 Å². The molecule has 1 atom stereocenters. The minimum Gasteiger partial charge on any atom is -0.497 e. The standard InChI is InChI=1S/C18H16N2O2/c1-22-16-8-6-15(7-9-16)20-17(10-11-18(20)21)14-4-2-13(12-19)3-5-14/h2-9,17H,10-11H2,1H3. The summed E-state index contributed by atoms with van der Waals surface area (Å²) in [6.45, 7) is 0. The largest absolute Gasteiger partial charge is 0.497 e. The summed E-state index contributed by atoms with van der Waals surface area (Å²) in [4.78, 5) is 14.1. The van der Waals surface area contributed by atoms with E-state index in [-0.39, 0.29) is 11.9 Å². The maximum absolute atomic E-state index is 12.3. The van der Waals surface area contributed by atoms with Crippen LogP contribution in [0.15, 0.2) is 48.5 Å². The number of nitrogens with zero attached hydrogens (tertiary/aromatic N) is 2. The van der Waals surface area contributed by atoms with Gasteiger partial charge in [-0.2, -0.15) is 5.26 Å². The van der Waals surface area contributed by atoms with Crippen LogP contribution in [0.5, 0.6) is 5.75 Å². The van der Waals surface area contributed by atoms with Crippen molar-refractivity contribution in [2.45, 2.75) is 18.9 Å². The van der Waals surface area contributed by atoms with Crippen molar-refractivity contribution < 1.29 is 9.53 Å². The topological polar surface area (TPSA) is 53.3 Å². The van der Waals surface area contributed by atoms with Crippen molar-refractivity contribution in [1.29, 1.82) is 5.26 Å². The van der Waals surface area contributed by atoms with Crippen molar-refractivity contribution in [2.24, 2.45) is 0 Å². The number of benzene rings is 2. The number of carbonyl (C=O) groups is 1. The number of methoxy groups -OCH3 is 1. The quantitative estimate of drug-likeness (QED) is 0.870. The summed E-state index contributed by atoms with van der Waals surface area (Å²) in [7, 11) is 1.62. The first-order valence-electron chi connectivity index (χ1n) is 7.19. The first-order chi connectivity index (χ1) is 10.7. The minimum absolute atomic E-state index is 0.0219. The van der Waals surface area contributed by atoms with E-state index in [1.54, 1.807) is 19.2 Å². The number of carbonyl (C=O) groups excluding carboxylic acids is 1. The molecule has 110 valence electrons. The highest BCUT2D eigenvalue weighted by Crippen LogP contribution is 2.37. The molecular formula is C18H16N2O2. The molecule has 0 N–H and O–H groups in total. The number of nitriles is 1. The van der Waals surface area contributed by atoms with E-state index in [0.29, 0.717) is 12.0 Å². The molecule has 22 heavy (non-hydrogen) atoms. The Labute approximate surface area is 129 Å². The van der Waals surface area contributed by atoms with Crippen molar-refractivity contribution in [1.82, 2.24) is 0 Å². The smallest absolute Gasteiger partial charge is 0.227 e. The molecule has 1 saturated heterocycles. The molecule has 1 aliphatic rings. The van der Waals surface area contributed by atoms with Crippen LogP contribution < -0.4 is 9.64 Å². The van der Waals surface area contributed by atoms with Crippen LogP contribution in [0.3, 0.4) is 0 Å². The summed E-state index contributed by atoms with van der Waals surface area (Å²) < 4.78 is 5.16. The second-order valence-electron chi connectivity index (χ2n) is 5.25. The van der Waals surface area contributed by atoms with E-state index in [4.69, 9.17) is 10.00 Å². The summed E-state index contributed by atoms with van der Waals surface area (Å²) in [5, 5.41) is 8.89. The summed E-state index contributed by atoms with van der Waals surface area (Å²) in [6, 6.07) is 17.1. The van der Waals surface area contributed by atoms with Crippen molar-refractivity contribution in [2.75, 3.05) is 12.0 Å². The molecule has 0 bridgehead atoms. The molecule has 2 aromatic carbocycles. The van der Waals surface area contributed by atoms with Gasteiger partial charge in [0.05, 0.1) is 24.8 Å². The fraction of sp³-hybridized carbons (Fsp3) is 0.222. The second-order valence-corrected chi connectivity index (χ2v) is 5.25. The minimum atomic E-state index is 0.0219. The van der Waals surface area contributed by atoms with Crippen molar-refractivity contribution in [3.05, 3.63) is 59.7 Å². The molecule has 0 radical (unpaired) electrons. The second kappa shape index (κ2) is 5.90. The normalized spacial score (nSPS) is 17.4. The van der Waals surface area contributed by atoms with Gasteiger partial charge < -0.3 is 9.64 Å². The van der Waals surface area contributed by atoms with E-state index in [1.165, 1.54) is 0 Å². The lowest BCUT2D eigenvalue weighted by Crippen LogP contribution is -2.27. The zero-order chi connectivity index (χ0) is 15.5. The zero-order valence-electron chi connectivity index (χ0n) is 12.3. The van der Waals surface area contributed by atoms with Crippen molar-refractivity contribution >= 4 is 11.6 Å². The van der Waals surface area contributed by atoms with Crippen LogP contribution in [-0.4, -0.2) is 13.0 Å². The Balaban J connectivity index is 1.92. The SMILES string of the molecule is COc1ccc(N2C(=O)CCC2c2ccc(C#N)cc2)cc1. The lowest BCUT2D eigenvalue weighted by molar-refractivity contribution is -0.117. The van der Waals surface area contributed by atoms with Crippen LogP contribution in [-0.2, 0) is 4.79 Å². The van der Waals surface area contributed by atoms with Gasteiger partial charge in [0, 0.05) is 12.1 Å². The average molecular weight is 292 g/mol. The number of amides is 1. The third kappa shape index (κ3) is 2.53. The summed E-state index contributed by atoms with van der Waals surface area (Å²) in [5.74, 6) is 0.893. The lowest BCUT2D eigenvalue weighted by atomic mass is 10.0. The fourth-order valence-electron chi connectivity index (χ4n) is 2.85. The van der Waals surface area contributed by atoms with Gasteiger partial charge in [0.25, 0.3) is 0 Å². The summed E-state index contributed by atoms with van der Waals surface area (Å²) in [6.07, 6.45) is 1.33. The fourth-order valence-corrected chi connectivity index (χ4v) is 2.85. The third-order valence-electron chi connectivity index (χ3n) is 3.99. The Morgan fingerprint density at radius 1 is 1.14 bits per heavy atom.